The minimum Gasteiger partial charge on any atom is -0.370 e. The molecule has 0 atom stereocenters. The molecule has 3 aromatic rings. The third-order valence-electron chi connectivity index (χ3n) is 4.28. The number of carbonyl (C=O) groups excluding carboxylic acids is 1. The molecule has 0 radical (unpaired) electrons. The minimum absolute atomic E-state index is 0.236. The number of hydrogen-bond donors (Lipinski definition) is 1. The Hall–Kier alpha value is -2.95. The van der Waals surface area contributed by atoms with Crippen molar-refractivity contribution >= 4 is 28.3 Å². The van der Waals surface area contributed by atoms with Gasteiger partial charge in [0.1, 0.15) is 5.69 Å². The summed E-state index contributed by atoms with van der Waals surface area (Å²) in [5.41, 5.74) is 3.71. The maximum absolute atomic E-state index is 12.6. The first-order valence-corrected chi connectivity index (χ1v) is 8.18. The number of aromatic nitrogens is 2. The summed E-state index contributed by atoms with van der Waals surface area (Å²) in [4.78, 5) is 23.6. The lowest BCUT2D eigenvalue weighted by atomic mass is 10.2. The van der Waals surface area contributed by atoms with Gasteiger partial charge in [-0.15, -0.1) is 0 Å². The lowest BCUT2D eigenvalue weighted by Crippen LogP contribution is -2.21. The van der Waals surface area contributed by atoms with Gasteiger partial charge < -0.3 is 10.2 Å². The quantitative estimate of drug-likeness (QED) is 0.803. The SMILES string of the molecule is O=C(Nc1ccccc1N1CCCC1)c1cnc2ccccc2n1. The maximum Gasteiger partial charge on any atom is 0.275 e. The van der Waals surface area contributed by atoms with Gasteiger partial charge in [0.2, 0.25) is 0 Å². The van der Waals surface area contributed by atoms with Crippen LogP contribution in [-0.4, -0.2) is 29.0 Å². The lowest BCUT2D eigenvalue weighted by molar-refractivity contribution is 0.102. The molecule has 1 saturated heterocycles. The molecule has 2 aromatic carbocycles. The van der Waals surface area contributed by atoms with Gasteiger partial charge in [-0.25, -0.2) is 4.98 Å². The Morgan fingerprint density at radius 3 is 2.50 bits per heavy atom. The van der Waals surface area contributed by atoms with E-state index in [9.17, 15) is 4.79 Å². The van der Waals surface area contributed by atoms with Gasteiger partial charge in [0, 0.05) is 13.1 Å². The molecule has 0 aliphatic carbocycles. The summed E-state index contributed by atoms with van der Waals surface area (Å²) >= 11 is 0. The smallest absolute Gasteiger partial charge is 0.275 e. The van der Waals surface area contributed by atoms with Crippen molar-refractivity contribution < 1.29 is 4.79 Å². The van der Waals surface area contributed by atoms with Crippen molar-refractivity contribution in [1.29, 1.82) is 0 Å². The van der Waals surface area contributed by atoms with Crippen molar-refractivity contribution in [3.05, 3.63) is 60.4 Å². The molecule has 1 aliphatic rings. The second-order valence-corrected chi connectivity index (χ2v) is 5.91. The zero-order valence-corrected chi connectivity index (χ0v) is 13.3. The van der Waals surface area contributed by atoms with Gasteiger partial charge in [-0.3, -0.25) is 9.78 Å². The molecular formula is C19H18N4O. The van der Waals surface area contributed by atoms with Crippen LogP contribution in [-0.2, 0) is 0 Å². The number of anilines is 2. The molecule has 1 fully saturated rings. The van der Waals surface area contributed by atoms with E-state index < -0.39 is 0 Å². The summed E-state index contributed by atoms with van der Waals surface area (Å²) in [6.45, 7) is 2.06. The van der Waals surface area contributed by atoms with E-state index in [1.165, 1.54) is 19.0 Å². The Bertz CT molecular complexity index is 887. The zero-order valence-electron chi connectivity index (χ0n) is 13.3. The highest BCUT2D eigenvalue weighted by atomic mass is 16.1. The van der Waals surface area contributed by atoms with Gasteiger partial charge in [-0.2, -0.15) is 0 Å². The first-order chi connectivity index (χ1) is 11.8. The third kappa shape index (κ3) is 2.80. The fourth-order valence-corrected chi connectivity index (χ4v) is 3.07. The van der Waals surface area contributed by atoms with Crippen molar-refractivity contribution in [3.63, 3.8) is 0 Å². The van der Waals surface area contributed by atoms with Gasteiger partial charge in [-0.05, 0) is 37.1 Å². The van der Waals surface area contributed by atoms with Crippen LogP contribution in [0.3, 0.4) is 0 Å². The minimum atomic E-state index is -0.236. The topological polar surface area (TPSA) is 58.1 Å². The number of fused-ring (bicyclic) bond motifs is 1. The highest BCUT2D eigenvalue weighted by Crippen LogP contribution is 2.28. The largest absolute Gasteiger partial charge is 0.370 e. The van der Waals surface area contributed by atoms with Crippen LogP contribution in [0.2, 0.25) is 0 Å². The average Bonchev–Trinajstić information content (AvgIpc) is 3.16. The van der Waals surface area contributed by atoms with E-state index >= 15 is 0 Å². The van der Waals surface area contributed by atoms with E-state index in [0.29, 0.717) is 5.69 Å². The monoisotopic (exact) mass is 318 g/mol. The fraction of sp³-hybridized carbons (Fsp3) is 0.211. The van der Waals surface area contributed by atoms with Crippen molar-refractivity contribution in [2.45, 2.75) is 12.8 Å². The number of amides is 1. The first-order valence-electron chi connectivity index (χ1n) is 8.18. The number of nitrogens with zero attached hydrogens (tertiary/aromatic N) is 3. The molecule has 5 heteroatoms. The Kier molecular flexibility index (Phi) is 3.83. The number of benzene rings is 2. The summed E-state index contributed by atoms with van der Waals surface area (Å²) in [6.07, 6.45) is 3.91. The van der Waals surface area contributed by atoms with Gasteiger partial charge >= 0.3 is 0 Å². The summed E-state index contributed by atoms with van der Waals surface area (Å²) < 4.78 is 0. The Morgan fingerprint density at radius 1 is 0.958 bits per heavy atom. The number of rotatable bonds is 3. The average molecular weight is 318 g/mol. The van der Waals surface area contributed by atoms with Crippen molar-refractivity contribution in [1.82, 2.24) is 9.97 Å². The van der Waals surface area contributed by atoms with Gasteiger partial charge in [-0.1, -0.05) is 24.3 Å². The molecule has 0 saturated carbocycles. The van der Waals surface area contributed by atoms with Crippen LogP contribution >= 0.6 is 0 Å². The Morgan fingerprint density at radius 2 is 1.67 bits per heavy atom. The van der Waals surface area contributed by atoms with E-state index in [4.69, 9.17) is 0 Å². The molecule has 0 unspecified atom stereocenters. The number of carbonyl (C=O) groups is 1. The molecule has 24 heavy (non-hydrogen) atoms. The molecule has 1 N–H and O–H groups in total. The number of hydrogen-bond acceptors (Lipinski definition) is 4. The van der Waals surface area contributed by atoms with E-state index in [-0.39, 0.29) is 5.91 Å². The molecule has 1 aliphatic heterocycles. The molecule has 1 aromatic heterocycles. The summed E-state index contributed by atoms with van der Waals surface area (Å²) in [6, 6.07) is 15.4. The molecule has 1 amide bonds. The van der Waals surface area contributed by atoms with Crippen LogP contribution in [0.15, 0.2) is 54.7 Å². The van der Waals surface area contributed by atoms with Crippen LogP contribution in [0.25, 0.3) is 11.0 Å². The van der Waals surface area contributed by atoms with Crippen LogP contribution in [0.4, 0.5) is 11.4 Å². The van der Waals surface area contributed by atoms with Gasteiger partial charge in [0.15, 0.2) is 0 Å². The summed E-state index contributed by atoms with van der Waals surface area (Å²) in [7, 11) is 0. The second kappa shape index (κ2) is 6.28. The molecular weight excluding hydrogens is 300 g/mol. The summed E-state index contributed by atoms with van der Waals surface area (Å²) in [5, 5.41) is 2.99. The number of para-hydroxylation sites is 4. The fourth-order valence-electron chi connectivity index (χ4n) is 3.07. The van der Waals surface area contributed by atoms with Crippen LogP contribution in [0.1, 0.15) is 23.3 Å². The highest BCUT2D eigenvalue weighted by Gasteiger charge is 2.17. The van der Waals surface area contributed by atoms with E-state index in [0.717, 1.165) is 35.5 Å². The number of nitrogens with one attached hydrogen (secondary N) is 1. The molecule has 120 valence electrons. The normalized spacial score (nSPS) is 14.1. The second-order valence-electron chi connectivity index (χ2n) is 5.91. The predicted molar refractivity (Wildman–Crippen MR) is 95.4 cm³/mol. The van der Waals surface area contributed by atoms with Crippen LogP contribution in [0.5, 0.6) is 0 Å². The van der Waals surface area contributed by atoms with Gasteiger partial charge in [0.05, 0.1) is 28.6 Å². The Balaban J connectivity index is 1.61. The van der Waals surface area contributed by atoms with E-state index in [1.54, 1.807) is 0 Å². The van der Waals surface area contributed by atoms with Crippen molar-refractivity contribution in [2.75, 3.05) is 23.3 Å². The highest BCUT2D eigenvalue weighted by molar-refractivity contribution is 6.05. The summed E-state index contributed by atoms with van der Waals surface area (Å²) in [5.74, 6) is -0.236. The zero-order chi connectivity index (χ0) is 16.4. The first kappa shape index (κ1) is 14.6. The molecule has 0 bridgehead atoms. The third-order valence-corrected chi connectivity index (χ3v) is 4.28. The molecule has 0 spiro atoms. The predicted octanol–water partition coefficient (Wildman–Crippen LogP) is 3.48. The van der Waals surface area contributed by atoms with Gasteiger partial charge in [0.25, 0.3) is 5.91 Å². The van der Waals surface area contributed by atoms with E-state index in [1.807, 2.05) is 48.5 Å². The molecule has 5 nitrogen and oxygen atoms in total. The van der Waals surface area contributed by atoms with Crippen molar-refractivity contribution in [3.8, 4) is 0 Å². The molecule has 4 rings (SSSR count). The maximum atomic E-state index is 12.6. The van der Waals surface area contributed by atoms with Crippen LogP contribution in [0, 0.1) is 0 Å². The standard InChI is InChI=1S/C19H18N4O/c24-19(17-13-20-14-7-1-2-8-15(14)21-17)22-16-9-3-4-10-18(16)23-11-5-6-12-23/h1-4,7-10,13H,5-6,11-12H2,(H,22,24). The van der Waals surface area contributed by atoms with Crippen molar-refractivity contribution in [2.24, 2.45) is 0 Å². The Labute approximate surface area is 140 Å². The van der Waals surface area contributed by atoms with Crippen LogP contribution < -0.4 is 10.2 Å². The lowest BCUT2D eigenvalue weighted by Gasteiger charge is -2.21. The molecule has 2 heterocycles. The van der Waals surface area contributed by atoms with E-state index in [2.05, 4.69) is 20.2 Å².